The predicted octanol–water partition coefficient (Wildman–Crippen LogP) is 4.01. The maximum absolute atomic E-state index is 9.22. The fourth-order valence-electron chi connectivity index (χ4n) is 2.20. The van der Waals surface area contributed by atoms with Gasteiger partial charge in [0, 0.05) is 18.8 Å². The molecule has 0 aliphatic rings. The van der Waals surface area contributed by atoms with Crippen LogP contribution in [0.4, 0.5) is 5.69 Å². The summed E-state index contributed by atoms with van der Waals surface area (Å²) in [7, 11) is 0. The van der Waals surface area contributed by atoms with E-state index in [2.05, 4.69) is 25.6 Å². The summed E-state index contributed by atoms with van der Waals surface area (Å²) in [6.07, 6.45) is 1.71. The lowest BCUT2D eigenvalue weighted by molar-refractivity contribution is 0.299. The summed E-state index contributed by atoms with van der Waals surface area (Å²) >= 11 is 35.6. The topological polar surface area (TPSA) is 103 Å². The second-order valence-corrected chi connectivity index (χ2v) is 10.3. The van der Waals surface area contributed by atoms with E-state index >= 15 is 0 Å². The third kappa shape index (κ3) is 7.73. The molecule has 1 heterocycles. The molecule has 4 N–H and O–H groups in total. The van der Waals surface area contributed by atoms with Gasteiger partial charge in [-0.3, -0.25) is 0 Å². The van der Waals surface area contributed by atoms with Gasteiger partial charge >= 0.3 is 0 Å². The first-order valence-electron chi connectivity index (χ1n) is 8.46. The van der Waals surface area contributed by atoms with Crippen molar-refractivity contribution in [1.82, 2.24) is 20.3 Å². The van der Waals surface area contributed by atoms with Crippen LogP contribution >= 0.6 is 69.6 Å². The quantitative estimate of drug-likeness (QED) is 0.379. The number of aliphatic hydroxyl groups excluding tert-OH is 2. The fraction of sp³-hybridized carbons (Fsp3) is 0.353. The molecule has 0 bridgehead atoms. The molecule has 0 aliphatic heterocycles. The van der Waals surface area contributed by atoms with Gasteiger partial charge in [0.25, 0.3) is 0 Å². The molecule has 0 unspecified atom stereocenters. The van der Waals surface area contributed by atoms with Crippen LogP contribution in [0.5, 0.6) is 0 Å². The molecule has 0 fully saturated rings. The summed E-state index contributed by atoms with van der Waals surface area (Å²) in [4.78, 5) is 12.3. The van der Waals surface area contributed by atoms with Gasteiger partial charge in [-0.1, -0.05) is 81.7 Å². The normalized spacial score (nSPS) is 12.7. The Kier molecular flexibility index (Phi) is 9.52. The first-order chi connectivity index (χ1) is 14.0. The minimum absolute atomic E-state index is 0.0212. The summed E-state index contributed by atoms with van der Waals surface area (Å²) in [6.45, 7) is 0.497. The summed E-state index contributed by atoms with van der Waals surface area (Å²) in [5.74, 6) is -0.387. The molecule has 0 saturated heterocycles. The van der Waals surface area contributed by atoms with Gasteiger partial charge in [-0.15, -0.1) is 0 Å². The van der Waals surface area contributed by atoms with Gasteiger partial charge in [0.2, 0.25) is 7.59 Å². The van der Waals surface area contributed by atoms with E-state index in [4.69, 9.17) is 74.7 Å². The van der Waals surface area contributed by atoms with Gasteiger partial charge in [0.05, 0.1) is 18.9 Å². The minimum Gasteiger partial charge on any atom is -0.395 e. The van der Waals surface area contributed by atoms with Crippen LogP contribution in [0, 0.1) is 0 Å². The van der Waals surface area contributed by atoms with Crippen molar-refractivity contribution in [2.45, 2.75) is 7.59 Å². The monoisotopic (exact) mass is 533 g/mol. The first-order valence-corrected chi connectivity index (χ1v) is 10.7. The van der Waals surface area contributed by atoms with E-state index in [0.717, 1.165) is 11.3 Å². The Morgan fingerprint density at radius 1 is 0.833 bits per heavy atom. The van der Waals surface area contributed by atoms with Crippen LogP contribution in [-0.4, -0.2) is 51.5 Å². The third-order valence-corrected chi connectivity index (χ3v) is 4.49. The van der Waals surface area contributed by atoms with Crippen LogP contribution in [0.1, 0.15) is 23.0 Å². The maximum atomic E-state index is 9.22. The Bertz CT molecular complexity index is 836. The molecule has 1 aromatic heterocycles. The molecule has 164 valence electrons. The lowest BCUT2D eigenvalue weighted by Crippen LogP contribution is -2.23. The Labute approximate surface area is 203 Å². The van der Waals surface area contributed by atoms with Gasteiger partial charge < -0.3 is 20.8 Å². The highest BCUT2D eigenvalue weighted by atomic mass is 35.6. The van der Waals surface area contributed by atoms with E-state index in [1.54, 1.807) is 6.08 Å². The number of anilines is 1. The smallest absolute Gasteiger partial charge is 0.250 e. The van der Waals surface area contributed by atoms with Crippen molar-refractivity contribution < 1.29 is 10.2 Å². The molecule has 1 aromatic carbocycles. The summed E-state index contributed by atoms with van der Waals surface area (Å²) < 4.78 is -3.96. The Morgan fingerprint density at radius 3 is 1.83 bits per heavy atom. The van der Waals surface area contributed by atoms with Crippen molar-refractivity contribution in [3.05, 3.63) is 47.3 Å². The number of nitrogens with one attached hydrogen (secondary N) is 2. The number of aliphatic hydroxyl groups is 2. The summed E-state index contributed by atoms with van der Waals surface area (Å²) in [6, 6.07) is 7.32. The predicted molar refractivity (Wildman–Crippen MR) is 123 cm³/mol. The number of halogens is 6. The van der Waals surface area contributed by atoms with Crippen molar-refractivity contribution in [2.75, 3.05) is 31.6 Å². The Morgan fingerprint density at radius 2 is 1.37 bits per heavy atom. The Hall–Kier alpha value is -0.770. The molecule has 7 nitrogen and oxygen atoms in total. The van der Waals surface area contributed by atoms with Crippen LogP contribution in [0.3, 0.4) is 0 Å². The van der Waals surface area contributed by atoms with Crippen LogP contribution in [0.25, 0.3) is 11.8 Å². The van der Waals surface area contributed by atoms with Gasteiger partial charge in [-0.2, -0.15) is 0 Å². The van der Waals surface area contributed by atoms with E-state index < -0.39 is 7.59 Å². The van der Waals surface area contributed by atoms with Crippen molar-refractivity contribution >= 4 is 87.1 Å². The van der Waals surface area contributed by atoms with E-state index in [-0.39, 0.29) is 37.2 Å². The fourth-order valence-corrected chi connectivity index (χ4v) is 2.71. The number of aromatic nitrogens is 3. The molecule has 0 radical (unpaired) electrons. The molecule has 2 aromatic rings. The minimum atomic E-state index is -1.98. The second-order valence-electron chi connectivity index (χ2n) is 5.78. The van der Waals surface area contributed by atoms with Gasteiger partial charge in [-0.05, 0) is 23.8 Å². The van der Waals surface area contributed by atoms with E-state index in [1.807, 2.05) is 24.3 Å². The SMILES string of the molecule is OCCNC(=Cc1ccc(NCCO)cc1)c1nc(C(Cl)(Cl)Cl)nc(C(Cl)(Cl)Cl)n1. The van der Waals surface area contributed by atoms with Crippen molar-refractivity contribution in [1.29, 1.82) is 0 Å². The van der Waals surface area contributed by atoms with E-state index in [1.165, 1.54) is 0 Å². The molecular formula is C17H17Cl6N5O2. The van der Waals surface area contributed by atoms with Gasteiger partial charge in [0.1, 0.15) is 0 Å². The second kappa shape index (κ2) is 11.2. The van der Waals surface area contributed by atoms with E-state index in [0.29, 0.717) is 12.2 Å². The molecule has 0 aliphatic carbocycles. The zero-order chi connectivity index (χ0) is 22.4. The number of benzene rings is 1. The average Bonchev–Trinajstić information content (AvgIpc) is 2.68. The highest BCUT2D eigenvalue weighted by Gasteiger charge is 2.34. The Balaban J connectivity index is 2.51. The zero-order valence-electron chi connectivity index (χ0n) is 15.2. The summed E-state index contributed by atoms with van der Waals surface area (Å²) in [5, 5.41) is 24.1. The van der Waals surface area contributed by atoms with Crippen molar-refractivity contribution in [2.24, 2.45) is 0 Å². The number of nitrogens with zero attached hydrogens (tertiary/aromatic N) is 3. The zero-order valence-corrected chi connectivity index (χ0v) is 19.8. The number of alkyl halides is 6. The standard InChI is InChI=1S/C17H17Cl6N5O2/c18-16(19,20)14-26-13(27-15(28-14)17(21,22)23)12(25-6-8-30)9-10-1-3-11(4-2-10)24-5-7-29/h1-4,9,24-25,29-30H,5-8H2. The van der Waals surface area contributed by atoms with Crippen LogP contribution in [0.15, 0.2) is 24.3 Å². The molecule has 0 spiro atoms. The molecule has 0 saturated carbocycles. The average molecular weight is 536 g/mol. The van der Waals surface area contributed by atoms with Gasteiger partial charge in [0.15, 0.2) is 17.5 Å². The van der Waals surface area contributed by atoms with Crippen LogP contribution < -0.4 is 10.6 Å². The lowest BCUT2D eigenvalue weighted by atomic mass is 10.1. The molecule has 0 amide bonds. The van der Waals surface area contributed by atoms with Gasteiger partial charge in [-0.25, -0.2) is 15.0 Å². The van der Waals surface area contributed by atoms with Crippen molar-refractivity contribution in [3.63, 3.8) is 0 Å². The number of hydrogen-bond donors (Lipinski definition) is 4. The molecule has 13 heteroatoms. The van der Waals surface area contributed by atoms with Crippen molar-refractivity contribution in [3.8, 4) is 0 Å². The van der Waals surface area contributed by atoms with Crippen LogP contribution in [-0.2, 0) is 7.59 Å². The molecule has 30 heavy (non-hydrogen) atoms. The highest BCUT2D eigenvalue weighted by molar-refractivity contribution is 6.67. The first kappa shape index (κ1) is 25.5. The molecular weight excluding hydrogens is 519 g/mol. The van der Waals surface area contributed by atoms with E-state index in [9.17, 15) is 5.11 Å². The number of rotatable bonds is 8. The number of hydrogen-bond acceptors (Lipinski definition) is 7. The van der Waals surface area contributed by atoms with Crippen LogP contribution in [0.2, 0.25) is 0 Å². The lowest BCUT2D eigenvalue weighted by Gasteiger charge is -2.17. The largest absolute Gasteiger partial charge is 0.395 e. The maximum Gasteiger partial charge on any atom is 0.250 e. The highest BCUT2D eigenvalue weighted by Crippen LogP contribution is 2.40. The summed E-state index contributed by atoms with van der Waals surface area (Å²) in [5.41, 5.74) is 1.99. The molecule has 0 atom stereocenters. The third-order valence-electron chi connectivity index (χ3n) is 3.47. The molecule has 2 rings (SSSR count).